The number of nitrogens with two attached hydrogens (primary N) is 1. The maximum Gasteiger partial charge on any atom is 0.391 e. The van der Waals surface area contributed by atoms with Crippen LogP contribution in [0.4, 0.5) is 5.82 Å². The van der Waals surface area contributed by atoms with Crippen LogP contribution in [-0.4, -0.2) is 37.5 Å². The van der Waals surface area contributed by atoms with Crippen LogP contribution in [0.1, 0.15) is 76.4 Å². The lowest BCUT2D eigenvalue weighted by Gasteiger charge is -2.26. The average molecular weight is 567 g/mol. The molecular weight excluding hydrogens is 523 g/mol. The van der Waals surface area contributed by atoms with Gasteiger partial charge in [0.1, 0.15) is 17.1 Å². The van der Waals surface area contributed by atoms with Crippen LogP contribution < -0.4 is 10.3 Å². The van der Waals surface area contributed by atoms with Crippen LogP contribution in [0.2, 0.25) is 0 Å². The normalized spacial score (nSPS) is 12.3. The van der Waals surface area contributed by atoms with E-state index in [0.29, 0.717) is 30.6 Å². The molecule has 0 saturated heterocycles. The second-order valence-corrected chi connectivity index (χ2v) is 12.4. The van der Waals surface area contributed by atoms with Gasteiger partial charge in [-0.3, -0.25) is 0 Å². The highest BCUT2D eigenvalue weighted by atomic mass is 31.2. The van der Waals surface area contributed by atoms with Gasteiger partial charge in [-0.25, -0.2) is 9.97 Å². The van der Waals surface area contributed by atoms with Crippen molar-refractivity contribution < 1.29 is 19.0 Å². The molecule has 9 heteroatoms. The summed E-state index contributed by atoms with van der Waals surface area (Å²) in [6.07, 6.45) is 3.83. The van der Waals surface area contributed by atoms with E-state index in [9.17, 15) is 9.79 Å². The molecule has 0 amide bonds. The number of unbranched alkanes of at least 4 members (excludes halogenated alkanes) is 1. The van der Waals surface area contributed by atoms with Gasteiger partial charge in [-0.1, -0.05) is 59.2 Å². The third kappa shape index (κ3) is 6.92. The first-order chi connectivity index (χ1) is 19.0. The number of hydrogen-bond acceptors (Lipinski definition) is 7. The van der Waals surface area contributed by atoms with Crippen molar-refractivity contribution in [2.45, 2.75) is 79.2 Å². The van der Waals surface area contributed by atoms with Gasteiger partial charge >= 0.3 is 8.60 Å². The molecule has 0 aliphatic rings. The molecule has 0 unspecified atom stereocenters. The van der Waals surface area contributed by atoms with Gasteiger partial charge in [0, 0.05) is 31.6 Å². The van der Waals surface area contributed by atoms with E-state index >= 15 is 0 Å². The van der Waals surface area contributed by atoms with E-state index in [1.807, 2.05) is 19.1 Å². The topological polar surface area (TPSA) is 116 Å². The maximum atomic E-state index is 9.29. The summed E-state index contributed by atoms with van der Waals surface area (Å²) in [7, 11) is -2.47. The Morgan fingerprint density at radius 1 is 1.10 bits per heavy atom. The Hall–Kier alpha value is -2.77. The minimum absolute atomic E-state index is 0.0828. The molecule has 2 heterocycles. The zero-order chi connectivity index (χ0) is 29.0. The third-order valence-electron chi connectivity index (χ3n) is 7.40. The van der Waals surface area contributed by atoms with E-state index in [0.717, 1.165) is 71.2 Å². The standard InChI is InChI=1S/C31H43N4O4P/c1-7-8-9-27-34-28-29(35(27)18-22-10-13-26(21(4)16-22)39-40(36)37)24-17-23(11-12-25(24)33-30(28)32)31(5,6)14-15-38-19-20(2)3/h10-13,16-17,20,36-37H,7-9,14-15,18-19H2,1-6H3,(H2,32,33). The zero-order valence-corrected chi connectivity index (χ0v) is 25.5. The number of hydrogen-bond donors (Lipinski definition) is 3. The number of imidazole rings is 1. The first-order valence-electron chi connectivity index (χ1n) is 14.1. The number of aryl methyl sites for hydroxylation is 2. The lowest BCUT2D eigenvalue weighted by molar-refractivity contribution is 0.0964. The molecule has 0 saturated carbocycles. The Bertz CT molecular complexity index is 1470. The SMILES string of the molecule is CCCCc1nc2c(N)nc3ccc(C(C)(C)CCOCC(C)C)cc3c2n1Cc1ccc(OP(O)O)c(C)c1. The second-order valence-electron chi connectivity index (χ2n) is 11.7. The Morgan fingerprint density at radius 3 is 2.55 bits per heavy atom. The van der Waals surface area contributed by atoms with Crippen LogP contribution in [0, 0.1) is 12.8 Å². The third-order valence-corrected chi connectivity index (χ3v) is 7.76. The first kappa shape index (κ1) is 30.2. The molecule has 0 fully saturated rings. The van der Waals surface area contributed by atoms with Gasteiger partial charge in [-0.05, 0) is 66.0 Å². The molecule has 4 N–H and O–H groups in total. The smallest absolute Gasteiger partial charge is 0.391 e. The molecule has 0 spiro atoms. The fourth-order valence-electron chi connectivity index (χ4n) is 5.05. The van der Waals surface area contributed by atoms with E-state index in [4.69, 9.17) is 25.0 Å². The molecule has 0 aliphatic heterocycles. The Labute approximate surface area is 238 Å². The summed E-state index contributed by atoms with van der Waals surface area (Å²) in [6, 6.07) is 12.2. The fourth-order valence-corrected chi connectivity index (χ4v) is 5.43. The predicted octanol–water partition coefficient (Wildman–Crippen LogP) is 6.80. The van der Waals surface area contributed by atoms with E-state index in [-0.39, 0.29) is 5.41 Å². The van der Waals surface area contributed by atoms with Crippen LogP contribution in [0.25, 0.3) is 21.9 Å². The first-order valence-corrected chi connectivity index (χ1v) is 15.3. The highest BCUT2D eigenvalue weighted by molar-refractivity contribution is 7.39. The lowest BCUT2D eigenvalue weighted by Crippen LogP contribution is -2.20. The van der Waals surface area contributed by atoms with Crippen LogP contribution in [0.15, 0.2) is 36.4 Å². The molecule has 0 atom stereocenters. The van der Waals surface area contributed by atoms with Gasteiger partial charge in [0.15, 0.2) is 5.82 Å². The molecule has 4 rings (SSSR count). The van der Waals surface area contributed by atoms with Gasteiger partial charge in [0.25, 0.3) is 0 Å². The monoisotopic (exact) mass is 566 g/mol. The van der Waals surface area contributed by atoms with Crippen molar-refractivity contribution in [1.82, 2.24) is 14.5 Å². The van der Waals surface area contributed by atoms with Crippen LogP contribution in [-0.2, 0) is 23.1 Å². The molecule has 0 aliphatic carbocycles. The summed E-state index contributed by atoms with van der Waals surface area (Å²) < 4.78 is 13.4. The second kappa shape index (κ2) is 12.8. The molecule has 0 bridgehead atoms. The van der Waals surface area contributed by atoms with E-state index in [2.05, 4.69) is 57.4 Å². The zero-order valence-electron chi connectivity index (χ0n) is 24.6. The van der Waals surface area contributed by atoms with Gasteiger partial charge in [-0.2, -0.15) is 0 Å². The summed E-state index contributed by atoms with van der Waals surface area (Å²) in [5.41, 5.74) is 12.1. The summed E-state index contributed by atoms with van der Waals surface area (Å²) in [4.78, 5) is 28.3. The minimum atomic E-state index is -2.47. The number of anilines is 1. The highest BCUT2D eigenvalue weighted by Gasteiger charge is 2.24. The number of rotatable bonds is 13. The Balaban J connectivity index is 1.80. The largest absolute Gasteiger partial charge is 0.427 e. The Morgan fingerprint density at radius 2 is 1.88 bits per heavy atom. The summed E-state index contributed by atoms with van der Waals surface area (Å²) in [5, 5.41) is 1.04. The van der Waals surface area contributed by atoms with Crippen molar-refractivity contribution in [1.29, 1.82) is 0 Å². The molecule has 4 aromatic rings. The van der Waals surface area contributed by atoms with Crippen molar-refractivity contribution in [3.63, 3.8) is 0 Å². The summed E-state index contributed by atoms with van der Waals surface area (Å²) >= 11 is 0. The van der Waals surface area contributed by atoms with Gasteiger partial charge < -0.3 is 29.3 Å². The molecule has 216 valence electrons. The number of nitrogens with zero attached hydrogens (tertiary/aromatic N) is 3. The highest BCUT2D eigenvalue weighted by Crippen LogP contribution is 2.36. The molecular formula is C31H43N4O4P. The molecule has 0 radical (unpaired) electrons. The van der Waals surface area contributed by atoms with Crippen molar-refractivity contribution in [3.05, 3.63) is 58.9 Å². The van der Waals surface area contributed by atoms with E-state index in [1.54, 1.807) is 6.07 Å². The number of benzene rings is 2. The van der Waals surface area contributed by atoms with Crippen molar-refractivity contribution in [2.24, 2.45) is 5.92 Å². The Kier molecular flexibility index (Phi) is 9.68. The summed E-state index contributed by atoms with van der Waals surface area (Å²) in [6.45, 7) is 15.0. The number of fused-ring (bicyclic) bond motifs is 3. The number of ether oxygens (including phenoxy) is 1. The number of aromatic nitrogens is 3. The van der Waals surface area contributed by atoms with Gasteiger partial charge in [0.05, 0.1) is 11.0 Å². The van der Waals surface area contributed by atoms with E-state index < -0.39 is 8.60 Å². The minimum Gasteiger partial charge on any atom is -0.427 e. The average Bonchev–Trinajstić information content (AvgIpc) is 3.25. The quantitative estimate of drug-likeness (QED) is 0.120. The van der Waals surface area contributed by atoms with E-state index in [1.165, 1.54) is 5.56 Å². The van der Waals surface area contributed by atoms with Crippen molar-refractivity contribution in [3.8, 4) is 5.75 Å². The molecule has 8 nitrogen and oxygen atoms in total. The lowest BCUT2D eigenvalue weighted by atomic mass is 9.81. The van der Waals surface area contributed by atoms with Crippen LogP contribution >= 0.6 is 8.60 Å². The van der Waals surface area contributed by atoms with Crippen LogP contribution in [0.3, 0.4) is 0 Å². The van der Waals surface area contributed by atoms with Crippen LogP contribution in [0.5, 0.6) is 5.75 Å². The number of pyridine rings is 1. The van der Waals surface area contributed by atoms with Gasteiger partial charge in [-0.15, -0.1) is 0 Å². The fraction of sp³-hybridized carbons (Fsp3) is 0.484. The van der Waals surface area contributed by atoms with Crippen molar-refractivity contribution >= 4 is 36.4 Å². The molecule has 2 aromatic carbocycles. The number of nitrogen functional groups attached to an aromatic ring is 1. The molecule has 2 aromatic heterocycles. The molecule has 40 heavy (non-hydrogen) atoms. The summed E-state index contributed by atoms with van der Waals surface area (Å²) in [5.74, 6) is 2.40. The van der Waals surface area contributed by atoms with Gasteiger partial charge in [0.2, 0.25) is 0 Å². The predicted molar refractivity (Wildman–Crippen MR) is 164 cm³/mol. The van der Waals surface area contributed by atoms with Crippen molar-refractivity contribution in [2.75, 3.05) is 18.9 Å². The maximum absolute atomic E-state index is 9.29.